The molecule has 34 heavy (non-hydrogen) atoms. The van der Waals surface area contributed by atoms with Gasteiger partial charge >= 0.3 is 0 Å². The molecule has 1 aliphatic heterocycles. The van der Waals surface area contributed by atoms with Crippen LogP contribution in [0.1, 0.15) is 33.1 Å². The lowest BCUT2D eigenvalue weighted by molar-refractivity contribution is -0.128. The highest BCUT2D eigenvalue weighted by atomic mass is 35.5. The van der Waals surface area contributed by atoms with E-state index in [0.29, 0.717) is 29.1 Å². The molecule has 1 aromatic heterocycles. The van der Waals surface area contributed by atoms with Crippen LogP contribution in [-0.4, -0.2) is 40.5 Å². The molecule has 8 heteroatoms. The van der Waals surface area contributed by atoms with E-state index in [-0.39, 0.29) is 5.91 Å². The maximum atomic E-state index is 13.1. The molecule has 3 aromatic rings. The number of carbonyl (C=O) groups excluding carboxylic acids is 1. The van der Waals surface area contributed by atoms with Crippen molar-refractivity contribution in [1.82, 2.24) is 15.1 Å². The number of hydrogen-bond acceptors (Lipinski definition) is 5. The topological polar surface area (TPSA) is 77.4 Å². The maximum absolute atomic E-state index is 13.1. The molecule has 1 amide bonds. The molecular formula is C26H31ClN4O3. The van der Waals surface area contributed by atoms with E-state index in [4.69, 9.17) is 21.1 Å². The minimum atomic E-state index is -1.09. The minimum Gasteiger partial charge on any atom is -0.493 e. The van der Waals surface area contributed by atoms with E-state index in [2.05, 4.69) is 15.7 Å². The number of benzene rings is 2. The Morgan fingerprint density at radius 1 is 1.24 bits per heavy atom. The van der Waals surface area contributed by atoms with Crippen molar-refractivity contribution in [2.24, 2.45) is 7.05 Å². The lowest BCUT2D eigenvalue weighted by atomic mass is 10.1. The van der Waals surface area contributed by atoms with Crippen molar-refractivity contribution < 1.29 is 14.3 Å². The number of rotatable bonds is 9. The molecule has 0 saturated carbocycles. The molecule has 1 atom stereocenters. The lowest BCUT2D eigenvalue weighted by Gasteiger charge is -2.25. The van der Waals surface area contributed by atoms with Gasteiger partial charge in [0.05, 0.1) is 12.3 Å². The zero-order chi connectivity index (χ0) is 24.1. The number of halogens is 1. The first-order chi connectivity index (χ1) is 16.3. The molecule has 1 aliphatic rings. The third-order valence-electron chi connectivity index (χ3n) is 5.95. The summed E-state index contributed by atoms with van der Waals surface area (Å²) in [5, 5.41) is 11.4. The minimum absolute atomic E-state index is 0.264. The summed E-state index contributed by atoms with van der Waals surface area (Å²) >= 11 is 5.94. The molecule has 2 N–H and O–H groups in total. The van der Waals surface area contributed by atoms with Gasteiger partial charge in [-0.1, -0.05) is 11.6 Å². The Bertz CT molecular complexity index is 1120. The Morgan fingerprint density at radius 2 is 2.03 bits per heavy atom. The van der Waals surface area contributed by atoms with Gasteiger partial charge in [-0.25, -0.2) is 0 Å². The van der Waals surface area contributed by atoms with Gasteiger partial charge in [-0.3, -0.25) is 9.48 Å². The van der Waals surface area contributed by atoms with Crippen molar-refractivity contribution >= 4 is 23.2 Å². The predicted octanol–water partition coefficient (Wildman–Crippen LogP) is 5.06. The molecule has 4 rings (SSSR count). The molecule has 1 unspecified atom stereocenters. The van der Waals surface area contributed by atoms with Crippen LogP contribution in [-0.2, 0) is 11.8 Å². The molecular weight excluding hydrogens is 452 g/mol. The number of anilines is 1. The average Bonchev–Trinajstić information content (AvgIpc) is 3.48. The van der Waals surface area contributed by atoms with Crippen LogP contribution in [0.25, 0.3) is 11.3 Å². The van der Waals surface area contributed by atoms with Crippen molar-refractivity contribution in [2.45, 2.75) is 44.8 Å². The number of aryl methyl sites for hydroxylation is 1. The molecule has 0 spiro atoms. The zero-order valence-electron chi connectivity index (χ0n) is 19.8. The first-order valence-corrected chi connectivity index (χ1v) is 11.9. The summed E-state index contributed by atoms with van der Waals surface area (Å²) < 4.78 is 13.9. The second-order valence-corrected chi connectivity index (χ2v) is 9.44. The standard InChI is InChI=1S/C26H31ClN4O3/c1-26(2,34-21-9-6-18(27)7-10-21)25(32)30-20-8-11-24(33-16-13-19-5-4-14-28-19)22(17-20)23-12-15-29-31(23)3/h6-12,15,17,19,28H,4-5,13-14,16H2,1-3H3,(H,30,32). The molecule has 1 saturated heterocycles. The lowest BCUT2D eigenvalue weighted by Crippen LogP contribution is -2.42. The summed E-state index contributed by atoms with van der Waals surface area (Å²) in [6.45, 7) is 5.16. The normalized spacial score (nSPS) is 15.8. The SMILES string of the molecule is Cn1nccc1-c1cc(NC(=O)C(C)(C)Oc2ccc(Cl)cc2)ccc1OCCC1CCCN1. The summed E-state index contributed by atoms with van der Waals surface area (Å²) in [5.74, 6) is 1.07. The number of carbonyl (C=O) groups is 1. The Kier molecular flexibility index (Phi) is 7.44. The van der Waals surface area contributed by atoms with Crippen LogP contribution < -0.4 is 20.1 Å². The predicted molar refractivity (Wildman–Crippen MR) is 135 cm³/mol. The number of nitrogens with one attached hydrogen (secondary N) is 2. The quantitative estimate of drug-likeness (QED) is 0.446. The summed E-state index contributed by atoms with van der Waals surface area (Å²) in [6.07, 6.45) is 5.11. The first-order valence-electron chi connectivity index (χ1n) is 11.6. The molecule has 0 aliphatic carbocycles. The fraction of sp³-hybridized carbons (Fsp3) is 0.385. The third kappa shape index (κ3) is 5.90. The monoisotopic (exact) mass is 482 g/mol. The van der Waals surface area contributed by atoms with Gasteiger partial charge in [-0.15, -0.1) is 0 Å². The van der Waals surface area contributed by atoms with Gasteiger partial charge in [0.1, 0.15) is 11.5 Å². The fourth-order valence-electron chi connectivity index (χ4n) is 4.01. The highest BCUT2D eigenvalue weighted by molar-refractivity contribution is 6.30. The molecule has 7 nitrogen and oxygen atoms in total. The largest absolute Gasteiger partial charge is 0.493 e. The summed E-state index contributed by atoms with van der Waals surface area (Å²) in [4.78, 5) is 13.1. The van der Waals surface area contributed by atoms with Gasteiger partial charge in [-0.2, -0.15) is 5.10 Å². The summed E-state index contributed by atoms with van der Waals surface area (Å²) in [6, 6.07) is 15.0. The van der Waals surface area contributed by atoms with Crippen molar-refractivity contribution in [3.05, 3.63) is 59.8 Å². The third-order valence-corrected chi connectivity index (χ3v) is 6.21. The summed E-state index contributed by atoms with van der Waals surface area (Å²) in [5.41, 5.74) is 1.33. The fourth-order valence-corrected chi connectivity index (χ4v) is 4.14. The highest BCUT2D eigenvalue weighted by Crippen LogP contribution is 2.33. The van der Waals surface area contributed by atoms with Crippen molar-refractivity contribution in [3.63, 3.8) is 0 Å². The van der Waals surface area contributed by atoms with Gasteiger partial charge in [0.2, 0.25) is 0 Å². The van der Waals surface area contributed by atoms with Crippen LogP contribution in [0, 0.1) is 0 Å². The van der Waals surface area contributed by atoms with E-state index in [0.717, 1.165) is 30.0 Å². The van der Waals surface area contributed by atoms with E-state index in [9.17, 15) is 4.79 Å². The number of nitrogens with zero attached hydrogens (tertiary/aromatic N) is 2. The molecule has 0 bridgehead atoms. The van der Waals surface area contributed by atoms with E-state index in [1.54, 1.807) is 49.0 Å². The van der Waals surface area contributed by atoms with Crippen LogP contribution in [0.4, 0.5) is 5.69 Å². The van der Waals surface area contributed by atoms with Crippen molar-refractivity contribution in [1.29, 1.82) is 0 Å². The number of aromatic nitrogens is 2. The van der Waals surface area contributed by atoms with Gasteiger partial charge in [-0.05, 0) is 88.2 Å². The highest BCUT2D eigenvalue weighted by Gasteiger charge is 2.30. The van der Waals surface area contributed by atoms with E-state index in [1.165, 1.54) is 12.8 Å². The molecule has 0 radical (unpaired) electrons. The Balaban J connectivity index is 1.49. The maximum Gasteiger partial charge on any atom is 0.267 e. The van der Waals surface area contributed by atoms with Gasteiger partial charge in [0.15, 0.2) is 5.60 Å². The molecule has 2 aromatic carbocycles. The van der Waals surface area contributed by atoms with E-state index in [1.807, 2.05) is 31.3 Å². The molecule has 180 valence electrons. The second-order valence-electron chi connectivity index (χ2n) is 9.00. The average molecular weight is 483 g/mol. The van der Waals surface area contributed by atoms with Crippen LogP contribution in [0.15, 0.2) is 54.7 Å². The Labute approximate surface area is 205 Å². The van der Waals surface area contributed by atoms with Gasteiger partial charge < -0.3 is 20.1 Å². The number of ether oxygens (including phenoxy) is 2. The number of amides is 1. The second kappa shape index (κ2) is 10.5. The molecule has 1 fully saturated rings. The van der Waals surface area contributed by atoms with E-state index < -0.39 is 5.60 Å². The van der Waals surface area contributed by atoms with Crippen LogP contribution in [0.2, 0.25) is 5.02 Å². The zero-order valence-corrected chi connectivity index (χ0v) is 20.6. The Morgan fingerprint density at radius 3 is 2.71 bits per heavy atom. The first kappa shape index (κ1) is 24.1. The van der Waals surface area contributed by atoms with Crippen LogP contribution in [0.3, 0.4) is 0 Å². The van der Waals surface area contributed by atoms with Crippen molar-refractivity contribution in [3.8, 4) is 22.8 Å². The summed E-state index contributed by atoms with van der Waals surface area (Å²) in [7, 11) is 1.88. The van der Waals surface area contributed by atoms with Crippen molar-refractivity contribution in [2.75, 3.05) is 18.5 Å². The molecule has 2 heterocycles. The van der Waals surface area contributed by atoms with E-state index >= 15 is 0 Å². The van der Waals surface area contributed by atoms with Crippen LogP contribution >= 0.6 is 11.6 Å². The smallest absolute Gasteiger partial charge is 0.267 e. The van der Waals surface area contributed by atoms with Crippen LogP contribution in [0.5, 0.6) is 11.5 Å². The Hall–Kier alpha value is -3.03. The van der Waals surface area contributed by atoms with Gasteiger partial charge in [0, 0.05) is 35.6 Å². The number of hydrogen-bond donors (Lipinski definition) is 2. The van der Waals surface area contributed by atoms with Gasteiger partial charge in [0.25, 0.3) is 5.91 Å².